The zero-order chi connectivity index (χ0) is 9.64. The second-order valence-corrected chi connectivity index (χ2v) is 4.41. The van der Waals surface area contributed by atoms with Gasteiger partial charge in [-0.15, -0.1) is 0 Å². The molecule has 0 spiro atoms. The van der Waals surface area contributed by atoms with Gasteiger partial charge >= 0.3 is 0 Å². The Morgan fingerprint density at radius 2 is 1.92 bits per heavy atom. The van der Waals surface area contributed by atoms with Crippen LogP contribution in [-0.2, 0) is 14.2 Å². The van der Waals surface area contributed by atoms with Crippen LogP contribution in [0.15, 0.2) is 0 Å². The van der Waals surface area contributed by atoms with Crippen LogP contribution in [-0.4, -0.2) is 24.3 Å². The first kappa shape index (κ1) is 9.44. The van der Waals surface area contributed by atoms with E-state index >= 15 is 0 Å². The average molecular weight is 186 g/mol. The van der Waals surface area contributed by atoms with Crippen molar-refractivity contribution in [3.63, 3.8) is 0 Å². The summed E-state index contributed by atoms with van der Waals surface area (Å²) in [6.45, 7) is 8.17. The molecule has 76 valence electrons. The van der Waals surface area contributed by atoms with E-state index in [1.54, 1.807) is 0 Å². The fourth-order valence-electron chi connectivity index (χ4n) is 2.19. The minimum Gasteiger partial charge on any atom is -0.346 e. The molecule has 2 aliphatic rings. The Labute approximate surface area is 79.4 Å². The molecule has 0 saturated carbocycles. The second-order valence-electron chi connectivity index (χ2n) is 4.41. The van der Waals surface area contributed by atoms with Crippen molar-refractivity contribution in [3.8, 4) is 0 Å². The molecule has 0 amide bonds. The van der Waals surface area contributed by atoms with E-state index in [0.29, 0.717) is 12.0 Å². The summed E-state index contributed by atoms with van der Waals surface area (Å²) in [6, 6.07) is 0. The first-order valence-corrected chi connectivity index (χ1v) is 5.04. The molecule has 0 aromatic carbocycles. The van der Waals surface area contributed by atoms with Gasteiger partial charge in [-0.05, 0) is 20.3 Å². The van der Waals surface area contributed by atoms with Gasteiger partial charge < -0.3 is 14.2 Å². The summed E-state index contributed by atoms with van der Waals surface area (Å²) in [5, 5.41) is 0. The van der Waals surface area contributed by atoms with Gasteiger partial charge in [-0.3, -0.25) is 0 Å². The van der Waals surface area contributed by atoms with Gasteiger partial charge in [0.2, 0.25) is 0 Å². The quantitative estimate of drug-likeness (QED) is 0.626. The number of rotatable bonds is 1. The Balaban J connectivity index is 2.07. The van der Waals surface area contributed by atoms with E-state index < -0.39 is 5.79 Å². The van der Waals surface area contributed by atoms with Crippen molar-refractivity contribution in [2.75, 3.05) is 0 Å². The van der Waals surface area contributed by atoms with E-state index in [0.717, 1.165) is 6.42 Å². The largest absolute Gasteiger partial charge is 0.346 e. The molecule has 2 rings (SSSR count). The summed E-state index contributed by atoms with van der Waals surface area (Å²) in [5.41, 5.74) is 0. The van der Waals surface area contributed by atoms with Crippen LogP contribution in [0.3, 0.4) is 0 Å². The summed E-state index contributed by atoms with van der Waals surface area (Å²) >= 11 is 0. The molecule has 0 radical (unpaired) electrons. The summed E-state index contributed by atoms with van der Waals surface area (Å²) in [7, 11) is 0. The molecule has 0 bridgehead atoms. The predicted octanol–water partition coefficient (Wildman–Crippen LogP) is 1.91. The highest BCUT2D eigenvalue weighted by Gasteiger charge is 2.52. The van der Waals surface area contributed by atoms with E-state index in [1.807, 2.05) is 13.8 Å². The van der Waals surface area contributed by atoms with Crippen LogP contribution in [0.5, 0.6) is 0 Å². The lowest BCUT2D eigenvalue weighted by molar-refractivity contribution is -0.209. The van der Waals surface area contributed by atoms with Crippen molar-refractivity contribution >= 4 is 0 Å². The zero-order valence-corrected chi connectivity index (χ0v) is 8.74. The summed E-state index contributed by atoms with van der Waals surface area (Å²) in [6.07, 6.45) is 1.31. The normalized spacial score (nSPS) is 48.0. The van der Waals surface area contributed by atoms with Gasteiger partial charge in [0.15, 0.2) is 12.1 Å². The molecular weight excluding hydrogens is 168 g/mol. The van der Waals surface area contributed by atoms with E-state index in [2.05, 4.69) is 13.8 Å². The molecule has 2 aliphatic heterocycles. The molecular formula is C10H18O3. The topological polar surface area (TPSA) is 27.7 Å². The van der Waals surface area contributed by atoms with Crippen molar-refractivity contribution < 1.29 is 14.2 Å². The summed E-state index contributed by atoms with van der Waals surface area (Å²) < 4.78 is 17.1. The van der Waals surface area contributed by atoms with Crippen LogP contribution in [0.25, 0.3) is 0 Å². The van der Waals surface area contributed by atoms with E-state index in [4.69, 9.17) is 14.2 Å². The van der Waals surface area contributed by atoms with E-state index in [9.17, 15) is 0 Å². The minimum atomic E-state index is -0.470. The number of fused-ring (bicyclic) bond motifs is 1. The van der Waals surface area contributed by atoms with Gasteiger partial charge in [-0.25, -0.2) is 0 Å². The molecule has 3 heteroatoms. The highest BCUT2D eigenvalue weighted by molar-refractivity contribution is 4.89. The lowest BCUT2D eigenvalue weighted by Crippen LogP contribution is -2.28. The molecule has 13 heavy (non-hydrogen) atoms. The Bertz CT molecular complexity index is 202. The van der Waals surface area contributed by atoms with Crippen LogP contribution in [0, 0.1) is 5.92 Å². The maximum absolute atomic E-state index is 5.77. The van der Waals surface area contributed by atoms with Crippen LogP contribution in [0.4, 0.5) is 0 Å². The van der Waals surface area contributed by atoms with Gasteiger partial charge in [0.25, 0.3) is 0 Å². The molecule has 2 heterocycles. The molecule has 4 atom stereocenters. The third kappa shape index (κ3) is 1.49. The van der Waals surface area contributed by atoms with Crippen molar-refractivity contribution in [1.29, 1.82) is 0 Å². The Kier molecular flexibility index (Phi) is 2.13. The molecule has 0 N–H and O–H groups in total. The SMILES string of the molecule is CC[C@@H]1O[C@@H]2OC(C)(C)O[C@@H]2[C@H]1C. The van der Waals surface area contributed by atoms with Crippen LogP contribution < -0.4 is 0 Å². The first-order valence-electron chi connectivity index (χ1n) is 5.04. The first-order chi connectivity index (χ1) is 6.03. The second kappa shape index (κ2) is 2.94. The summed E-state index contributed by atoms with van der Waals surface area (Å²) in [4.78, 5) is 0. The van der Waals surface area contributed by atoms with Gasteiger partial charge in [-0.2, -0.15) is 0 Å². The van der Waals surface area contributed by atoms with Crippen molar-refractivity contribution in [3.05, 3.63) is 0 Å². The lowest BCUT2D eigenvalue weighted by Gasteiger charge is -2.22. The predicted molar refractivity (Wildman–Crippen MR) is 48.2 cm³/mol. The Morgan fingerprint density at radius 1 is 1.23 bits per heavy atom. The maximum Gasteiger partial charge on any atom is 0.187 e. The molecule has 0 aromatic rings. The van der Waals surface area contributed by atoms with Crippen LogP contribution >= 0.6 is 0 Å². The summed E-state index contributed by atoms with van der Waals surface area (Å²) in [5.74, 6) is -0.0285. The smallest absolute Gasteiger partial charge is 0.187 e. The van der Waals surface area contributed by atoms with Gasteiger partial charge in [0, 0.05) is 5.92 Å². The van der Waals surface area contributed by atoms with Gasteiger partial charge in [-0.1, -0.05) is 13.8 Å². The zero-order valence-electron chi connectivity index (χ0n) is 8.74. The van der Waals surface area contributed by atoms with Crippen molar-refractivity contribution in [2.24, 2.45) is 5.92 Å². The third-order valence-corrected chi connectivity index (χ3v) is 2.90. The van der Waals surface area contributed by atoms with Crippen LogP contribution in [0.1, 0.15) is 34.1 Å². The van der Waals surface area contributed by atoms with Gasteiger partial charge in [0.05, 0.1) is 6.10 Å². The fourth-order valence-corrected chi connectivity index (χ4v) is 2.19. The number of ether oxygens (including phenoxy) is 3. The average Bonchev–Trinajstić information content (AvgIpc) is 2.47. The molecule has 0 aromatic heterocycles. The standard InChI is InChI=1S/C10H18O3/c1-5-7-6(2)8-9(11-7)13-10(3,4)12-8/h6-9H,5H2,1-4H3/t6-,7-,8+,9+/m0/s1. The lowest BCUT2D eigenvalue weighted by atomic mass is 9.99. The molecule has 0 aliphatic carbocycles. The highest BCUT2D eigenvalue weighted by atomic mass is 16.8. The number of hydrogen-bond acceptors (Lipinski definition) is 3. The highest BCUT2D eigenvalue weighted by Crippen LogP contribution is 2.41. The monoisotopic (exact) mass is 186 g/mol. The molecule has 2 fully saturated rings. The third-order valence-electron chi connectivity index (χ3n) is 2.90. The fraction of sp³-hybridized carbons (Fsp3) is 1.00. The van der Waals surface area contributed by atoms with E-state index in [1.165, 1.54) is 0 Å². The number of hydrogen-bond donors (Lipinski definition) is 0. The van der Waals surface area contributed by atoms with E-state index in [-0.39, 0.29) is 12.4 Å². The molecule has 3 nitrogen and oxygen atoms in total. The maximum atomic E-state index is 5.77. The van der Waals surface area contributed by atoms with Crippen molar-refractivity contribution in [1.82, 2.24) is 0 Å². The molecule has 2 saturated heterocycles. The minimum absolute atomic E-state index is 0.125. The van der Waals surface area contributed by atoms with Crippen molar-refractivity contribution in [2.45, 2.75) is 58.4 Å². The Hall–Kier alpha value is -0.120. The van der Waals surface area contributed by atoms with Gasteiger partial charge in [0.1, 0.15) is 6.10 Å². The Morgan fingerprint density at radius 3 is 2.46 bits per heavy atom. The van der Waals surface area contributed by atoms with Crippen LogP contribution in [0.2, 0.25) is 0 Å². The molecule has 0 unspecified atom stereocenters.